The molecule has 0 radical (unpaired) electrons. The summed E-state index contributed by atoms with van der Waals surface area (Å²) in [5, 5.41) is 5.26. The van der Waals surface area contributed by atoms with Crippen LogP contribution in [0.2, 0.25) is 0 Å². The number of carbonyl (C=O) groups excluding carboxylic acids is 2. The van der Waals surface area contributed by atoms with Gasteiger partial charge >= 0.3 is 6.03 Å². The second-order valence-corrected chi connectivity index (χ2v) is 10.6. The van der Waals surface area contributed by atoms with Crippen LogP contribution in [-0.4, -0.2) is 80.2 Å². The van der Waals surface area contributed by atoms with Crippen molar-refractivity contribution < 1.29 is 22.7 Å². The molecule has 178 valence electrons. The summed E-state index contributed by atoms with van der Waals surface area (Å²) < 4.78 is 32.1. The van der Waals surface area contributed by atoms with Gasteiger partial charge in [0.15, 0.2) is 0 Å². The average Bonchev–Trinajstić information content (AvgIpc) is 3.02. The van der Waals surface area contributed by atoms with Crippen molar-refractivity contribution in [3.05, 3.63) is 29.8 Å². The van der Waals surface area contributed by atoms with Crippen LogP contribution in [0.4, 0.5) is 10.5 Å². The van der Waals surface area contributed by atoms with Crippen molar-refractivity contribution in [1.29, 1.82) is 0 Å². The van der Waals surface area contributed by atoms with Crippen molar-refractivity contribution in [3.63, 3.8) is 0 Å². The molecule has 0 bridgehead atoms. The van der Waals surface area contributed by atoms with Gasteiger partial charge in [0.2, 0.25) is 10.0 Å². The van der Waals surface area contributed by atoms with E-state index in [-0.39, 0.29) is 30.4 Å². The zero-order valence-corrected chi connectivity index (χ0v) is 19.7. The van der Waals surface area contributed by atoms with Crippen LogP contribution in [0.3, 0.4) is 0 Å². The van der Waals surface area contributed by atoms with Gasteiger partial charge in [0, 0.05) is 44.0 Å². The number of nitrogens with one attached hydrogen (secondary N) is 2. The number of morpholine rings is 1. The number of hydrogen-bond acceptors (Lipinski definition) is 5. The molecular weight excluding hydrogens is 432 g/mol. The molecule has 0 aliphatic carbocycles. The van der Waals surface area contributed by atoms with Crippen LogP contribution in [0.1, 0.15) is 49.9 Å². The van der Waals surface area contributed by atoms with E-state index in [9.17, 15) is 18.0 Å². The Morgan fingerprint density at radius 2 is 1.59 bits per heavy atom. The molecule has 2 saturated heterocycles. The minimum Gasteiger partial charge on any atom is -0.373 e. The van der Waals surface area contributed by atoms with Crippen LogP contribution in [0.15, 0.2) is 24.3 Å². The second kappa shape index (κ2) is 11.1. The number of likely N-dealkylation sites (tertiary alicyclic amines) is 1. The highest BCUT2D eigenvalue weighted by Crippen LogP contribution is 2.16. The van der Waals surface area contributed by atoms with E-state index in [2.05, 4.69) is 10.6 Å². The molecule has 3 amide bonds. The van der Waals surface area contributed by atoms with E-state index in [0.29, 0.717) is 24.3 Å². The van der Waals surface area contributed by atoms with Gasteiger partial charge < -0.3 is 20.3 Å². The van der Waals surface area contributed by atoms with Crippen molar-refractivity contribution in [2.45, 2.75) is 51.7 Å². The fourth-order valence-electron chi connectivity index (χ4n) is 4.11. The number of nitrogens with zero attached hydrogens (tertiary/aromatic N) is 2. The maximum Gasteiger partial charge on any atom is 0.319 e. The van der Waals surface area contributed by atoms with E-state index in [1.807, 2.05) is 18.7 Å². The predicted molar refractivity (Wildman–Crippen MR) is 123 cm³/mol. The Morgan fingerprint density at radius 3 is 2.19 bits per heavy atom. The lowest BCUT2D eigenvalue weighted by Crippen LogP contribution is -2.49. The molecule has 2 unspecified atom stereocenters. The number of rotatable bonds is 6. The zero-order valence-electron chi connectivity index (χ0n) is 18.9. The molecule has 0 spiro atoms. The molecule has 0 aromatic heterocycles. The number of ether oxygens (including phenoxy) is 1. The molecule has 9 nitrogen and oxygen atoms in total. The van der Waals surface area contributed by atoms with Gasteiger partial charge in [-0.2, -0.15) is 4.31 Å². The highest BCUT2D eigenvalue weighted by atomic mass is 32.2. The van der Waals surface area contributed by atoms with Crippen LogP contribution in [0.25, 0.3) is 0 Å². The van der Waals surface area contributed by atoms with Gasteiger partial charge in [-0.15, -0.1) is 0 Å². The Kier molecular flexibility index (Phi) is 8.50. The number of benzene rings is 1. The first-order chi connectivity index (χ1) is 15.2. The minimum absolute atomic E-state index is 0.000183. The lowest BCUT2D eigenvalue weighted by atomic mass is 10.1. The van der Waals surface area contributed by atoms with Gasteiger partial charge in [-0.25, -0.2) is 13.2 Å². The Bertz CT molecular complexity index is 872. The van der Waals surface area contributed by atoms with E-state index < -0.39 is 16.1 Å². The number of urea groups is 1. The van der Waals surface area contributed by atoms with Crippen LogP contribution in [0.5, 0.6) is 0 Å². The van der Waals surface area contributed by atoms with Gasteiger partial charge in [0.1, 0.15) is 0 Å². The molecule has 2 aliphatic rings. The Hall–Kier alpha value is -2.17. The molecule has 32 heavy (non-hydrogen) atoms. The molecule has 2 atom stereocenters. The lowest BCUT2D eigenvalue weighted by molar-refractivity contribution is -0.0440. The summed E-state index contributed by atoms with van der Waals surface area (Å²) in [7, 11) is -3.48. The fraction of sp³-hybridized carbons (Fsp3) is 0.636. The Balaban J connectivity index is 1.45. The van der Waals surface area contributed by atoms with Gasteiger partial charge in [-0.1, -0.05) is 12.8 Å². The summed E-state index contributed by atoms with van der Waals surface area (Å²) in [6.45, 7) is 5.90. The highest BCUT2D eigenvalue weighted by Gasteiger charge is 2.30. The Morgan fingerprint density at radius 1 is 1.00 bits per heavy atom. The third kappa shape index (κ3) is 6.91. The standard InChI is InChI=1S/C22H34N4O5S/c1-17-15-26(16-18(2)31-17)32(29,30)14-11-23-22(28)24-20-9-7-19(8-10-20)21(27)25-12-5-3-4-6-13-25/h7-10,17-18H,3-6,11-16H2,1-2H3,(H2,23,24,28). The maximum absolute atomic E-state index is 12.6. The summed E-state index contributed by atoms with van der Waals surface area (Å²) >= 11 is 0. The second-order valence-electron chi connectivity index (χ2n) is 8.55. The first-order valence-electron chi connectivity index (χ1n) is 11.3. The number of sulfonamides is 1. The molecule has 0 saturated carbocycles. The molecule has 1 aromatic carbocycles. The molecular formula is C22H34N4O5S. The fourth-order valence-corrected chi connectivity index (χ4v) is 5.60. The molecule has 3 rings (SSSR count). The average molecular weight is 467 g/mol. The molecule has 2 fully saturated rings. The van der Waals surface area contributed by atoms with Gasteiger partial charge in [-0.3, -0.25) is 4.79 Å². The Labute approximate surface area is 190 Å². The maximum atomic E-state index is 12.6. The summed E-state index contributed by atoms with van der Waals surface area (Å²) in [4.78, 5) is 26.7. The number of hydrogen-bond donors (Lipinski definition) is 2. The molecule has 2 N–H and O–H groups in total. The van der Waals surface area contributed by atoms with Crippen LogP contribution >= 0.6 is 0 Å². The summed E-state index contributed by atoms with van der Waals surface area (Å²) in [6, 6.07) is 6.27. The van der Waals surface area contributed by atoms with E-state index in [4.69, 9.17) is 4.74 Å². The van der Waals surface area contributed by atoms with E-state index in [1.54, 1.807) is 24.3 Å². The third-order valence-electron chi connectivity index (χ3n) is 5.71. The van der Waals surface area contributed by atoms with E-state index >= 15 is 0 Å². The van der Waals surface area contributed by atoms with Crippen LogP contribution in [0, 0.1) is 0 Å². The topological polar surface area (TPSA) is 108 Å². The molecule has 1 aromatic rings. The molecule has 10 heteroatoms. The summed E-state index contributed by atoms with van der Waals surface area (Å²) in [5.74, 6) is -0.164. The van der Waals surface area contributed by atoms with Crippen molar-refractivity contribution in [1.82, 2.24) is 14.5 Å². The first-order valence-corrected chi connectivity index (χ1v) is 12.9. The van der Waals surface area contributed by atoms with E-state index in [1.165, 1.54) is 4.31 Å². The monoisotopic (exact) mass is 466 g/mol. The smallest absolute Gasteiger partial charge is 0.319 e. The lowest BCUT2D eigenvalue weighted by Gasteiger charge is -2.34. The third-order valence-corrected chi connectivity index (χ3v) is 7.51. The SMILES string of the molecule is CC1CN(S(=O)(=O)CCNC(=O)Nc2ccc(C(=O)N3CCCCCC3)cc2)CC(C)O1. The summed E-state index contributed by atoms with van der Waals surface area (Å²) in [6.07, 6.45) is 4.08. The van der Waals surface area contributed by atoms with Gasteiger partial charge in [0.05, 0.1) is 18.0 Å². The van der Waals surface area contributed by atoms with Crippen LogP contribution in [-0.2, 0) is 14.8 Å². The van der Waals surface area contributed by atoms with E-state index in [0.717, 1.165) is 38.8 Å². The highest BCUT2D eigenvalue weighted by molar-refractivity contribution is 7.89. The van der Waals surface area contributed by atoms with Crippen LogP contribution < -0.4 is 10.6 Å². The normalized spacial score (nSPS) is 22.8. The molecule has 2 heterocycles. The number of anilines is 1. The molecule has 2 aliphatic heterocycles. The van der Waals surface area contributed by atoms with Gasteiger partial charge in [-0.05, 0) is 51.0 Å². The van der Waals surface area contributed by atoms with Crippen molar-refractivity contribution >= 4 is 27.6 Å². The van der Waals surface area contributed by atoms with Crippen molar-refractivity contribution in [3.8, 4) is 0 Å². The summed E-state index contributed by atoms with van der Waals surface area (Å²) in [5.41, 5.74) is 1.13. The zero-order chi connectivity index (χ0) is 23.1. The van der Waals surface area contributed by atoms with Crippen molar-refractivity contribution in [2.75, 3.05) is 43.8 Å². The number of carbonyl (C=O) groups is 2. The first kappa shape index (κ1) is 24.5. The number of amides is 3. The predicted octanol–water partition coefficient (Wildman–Crippen LogP) is 2.26. The van der Waals surface area contributed by atoms with Crippen molar-refractivity contribution in [2.24, 2.45) is 0 Å². The van der Waals surface area contributed by atoms with Gasteiger partial charge in [0.25, 0.3) is 5.91 Å². The quantitative estimate of drug-likeness (QED) is 0.669. The largest absolute Gasteiger partial charge is 0.373 e. The minimum atomic E-state index is -3.48.